The third-order valence-electron chi connectivity index (χ3n) is 2.76. The van der Waals surface area contributed by atoms with Crippen LogP contribution in [0.15, 0.2) is 24.3 Å². The van der Waals surface area contributed by atoms with Gasteiger partial charge in [0.1, 0.15) is 5.75 Å². The highest BCUT2D eigenvalue weighted by molar-refractivity contribution is 5.74. The number of hydrogen-bond acceptors (Lipinski definition) is 3. The van der Waals surface area contributed by atoms with Gasteiger partial charge in [-0.3, -0.25) is 0 Å². The van der Waals surface area contributed by atoms with E-state index in [0.29, 0.717) is 6.42 Å². The molecule has 0 aliphatic heterocycles. The topological polar surface area (TPSA) is 74.2 Å². The fourth-order valence-electron chi connectivity index (χ4n) is 1.76. The number of aromatic hydroxyl groups is 1. The molecule has 108 valence electrons. The second-order valence-corrected chi connectivity index (χ2v) is 4.60. The van der Waals surface area contributed by atoms with E-state index in [2.05, 4.69) is 12.7 Å². The molecule has 0 bridgehead atoms. The number of esters is 1. The van der Waals surface area contributed by atoms with Crippen molar-refractivity contribution < 1.29 is 32.8 Å². The minimum atomic E-state index is -0.408. The Morgan fingerprint density at radius 2 is 1.95 bits per heavy atom. The zero-order valence-corrected chi connectivity index (χ0v) is 12.2. The van der Waals surface area contributed by atoms with Crippen LogP contribution < -0.4 is 18.1 Å². The summed E-state index contributed by atoms with van der Waals surface area (Å²) in [7, 11) is 0. The lowest BCUT2D eigenvalue weighted by atomic mass is 10.1. The van der Waals surface area contributed by atoms with Gasteiger partial charge in [-0.2, -0.15) is 0 Å². The van der Waals surface area contributed by atoms with Crippen molar-refractivity contribution in [1.29, 1.82) is 0 Å². The summed E-state index contributed by atoms with van der Waals surface area (Å²) >= 11 is 0. The molecule has 0 aliphatic rings. The summed E-state index contributed by atoms with van der Waals surface area (Å²) in [5.41, 5.74) is 4.80. The number of rotatable bonds is 6. The smallest absolute Gasteiger partial charge is 0.365 e. The molecule has 1 rings (SSSR count). The summed E-state index contributed by atoms with van der Waals surface area (Å²) in [6.45, 7) is 3.96. The normalized spacial score (nSPS) is 13.2. The molecule has 0 heterocycles. The third-order valence-corrected chi connectivity index (χ3v) is 2.76. The second-order valence-electron chi connectivity index (χ2n) is 4.60. The van der Waals surface area contributed by atoms with E-state index < -0.39 is 6.04 Å². The number of phenolic OH excluding ortho intramolecular Hbond substituents is 1. The molecule has 0 fully saturated rings. The van der Waals surface area contributed by atoms with Crippen LogP contribution in [0.4, 0.5) is 0 Å². The van der Waals surface area contributed by atoms with Crippen molar-refractivity contribution in [3.8, 4) is 5.75 Å². The standard InChI is InChI=1S/C14H21NO3.ClH/c1-3-4-10(2)18-14(17)13(15)9-11-5-7-12(16)8-6-11;/h5-8,10,13,16H,3-4,9,15H2,1-2H3;1H/t10?,13-;/m0./s1. The van der Waals surface area contributed by atoms with Gasteiger partial charge >= 0.3 is 5.97 Å². The number of carbonyl (C=O) groups excluding carboxylic acids is 1. The Labute approximate surface area is 120 Å². The van der Waals surface area contributed by atoms with Crippen LogP contribution in [0, 0.1) is 0 Å². The number of benzene rings is 1. The van der Waals surface area contributed by atoms with Gasteiger partial charge in [0, 0.05) is 6.42 Å². The summed E-state index contributed by atoms with van der Waals surface area (Å²) in [6, 6.07) is 6.38. The Balaban J connectivity index is 0.00000324. The highest BCUT2D eigenvalue weighted by Crippen LogP contribution is 2.11. The highest BCUT2D eigenvalue weighted by atomic mass is 35.5. The predicted molar refractivity (Wildman–Crippen MR) is 68.9 cm³/mol. The van der Waals surface area contributed by atoms with Crippen LogP contribution in [0.5, 0.6) is 5.75 Å². The van der Waals surface area contributed by atoms with E-state index in [1.807, 2.05) is 6.92 Å². The number of hydrogen-bond donors (Lipinski definition) is 2. The lowest BCUT2D eigenvalue weighted by molar-refractivity contribution is -0.408. The monoisotopic (exact) mass is 287 g/mol. The largest absolute Gasteiger partial charge is 1.00 e. The van der Waals surface area contributed by atoms with Gasteiger partial charge in [0.15, 0.2) is 6.04 Å². The summed E-state index contributed by atoms with van der Waals surface area (Å²) in [6.07, 6.45) is 2.34. The van der Waals surface area contributed by atoms with Crippen LogP contribution in [0.25, 0.3) is 0 Å². The quantitative estimate of drug-likeness (QED) is 0.612. The van der Waals surface area contributed by atoms with Crippen molar-refractivity contribution in [2.24, 2.45) is 0 Å². The molecule has 1 aromatic carbocycles. The molecule has 0 aromatic heterocycles. The van der Waals surface area contributed by atoms with Gasteiger partial charge in [-0.1, -0.05) is 25.5 Å². The van der Waals surface area contributed by atoms with Crippen molar-refractivity contribution in [3.05, 3.63) is 29.8 Å². The average molecular weight is 288 g/mol. The van der Waals surface area contributed by atoms with E-state index in [0.717, 1.165) is 18.4 Å². The third kappa shape index (κ3) is 6.45. The van der Waals surface area contributed by atoms with E-state index in [-0.39, 0.29) is 30.2 Å². The first kappa shape index (κ1) is 17.7. The molecule has 5 heteroatoms. The molecule has 0 saturated heterocycles. The molecule has 1 unspecified atom stereocenters. The number of quaternary nitrogens is 1. The SMILES string of the molecule is CCCC(C)OC(=O)[C@@H]([NH3+])Cc1ccc(O)cc1.[Cl-]. The van der Waals surface area contributed by atoms with Gasteiger partial charge in [-0.15, -0.1) is 0 Å². The molecule has 1 aromatic rings. The van der Waals surface area contributed by atoms with Gasteiger partial charge in [0.2, 0.25) is 0 Å². The molecule has 2 atom stereocenters. The lowest BCUT2D eigenvalue weighted by Gasteiger charge is -2.14. The molecule has 4 N–H and O–H groups in total. The van der Waals surface area contributed by atoms with E-state index in [4.69, 9.17) is 4.74 Å². The van der Waals surface area contributed by atoms with Gasteiger partial charge in [0.25, 0.3) is 0 Å². The Hall–Kier alpha value is -1.26. The Kier molecular flexibility index (Phi) is 8.19. The zero-order valence-electron chi connectivity index (χ0n) is 11.4. The molecular formula is C14H22ClNO3. The molecule has 0 amide bonds. The van der Waals surface area contributed by atoms with Crippen molar-refractivity contribution in [3.63, 3.8) is 0 Å². The fraction of sp³-hybridized carbons (Fsp3) is 0.500. The Morgan fingerprint density at radius 1 is 1.37 bits per heavy atom. The number of carbonyl (C=O) groups is 1. The molecule has 19 heavy (non-hydrogen) atoms. The molecule has 0 saturated carbocycles. The highest BCUT2D eigenvalue weighted by Gasteiger charge is 2.21. The minimum Gasteiger partial charge on any atom is -1.00 e. The maximum Gasteiger partial charge on any atom is 0.365 e. The Morgan fingerprint density at radius 3 is 2.47 bits per heavy atom. The first-order valence-corrected chi connectivity index (χ1v) is 6.34. The van der Waals surface area contributed by atoms with Crippen molar-refractivity contribution in [2.45, 2.75) is 45.3 Å². The molecular weight excluding hydrogens is 266 g/mol. The fourth-order valence-corrected chi connectivity index (χ4v) is 1.76. The second kappa shape index (κ2) is 8.77. The van der Waals surface area contributed by atoms with Crippen LogP contribution in [0.2, 0.25) is 0 Å². The lowest BCUT2D eigenvalue weighted by Crippen LogP contribution is -3.00. The summed E-state index contributed by atoms with van der Waals surface area (Å²) < 4.78 is 5.30. The van der Waals surface area contributed by atoms with Crippen LogP contribution in [0.1, 0.15) is 32.3 Å². The number of halogens is 1. The van der Waals surface area contributed by atoms with Crippen LogP contribution in [-0.4, -0.2) is 23.2 Å². The maximum atomic E-state index is 11.8. The van der Waals surface area contributed by atoms with Gasteiger partial charge in [-0.25, -0.2) is 4.79 Å². The van der Waals surface area contributed by atoms with Crippen molar-refractivity contribution in [1.82, 2.24) is 0 Å². The predicted octanol–water partition coefficient (Wildman–Crippen LogP) is -1.72. The van der Waals surface area contributed by atoms with Gasteiger partial charge in [0.05, 0.1) is 6.10 Å². The molecule has 0 spiro atoms. The summed E-state index contributed by atoms with van der Waals surface area (Å²) in [5, 5.41) is 9.17. The first-order valence-electron chi connectivity index (χ1n) is 6.34. The van der Waals surface area contributed by atoms with E-state index in [9.17, 15) is 9.90 Å². The van der Waals surface area contributed by atoms with Gasteiger partial charge < -0.3 is 28.0 Å². The summed E-state index contributed by atoms with van der Waals surface area (Å²) in [5.74, 6) is -0.0393. The van der Waals surface area contributed by atoms with E-state index in [1.165, 1.54) is 0 Å². The molecule has 0 radical (unpaired) electrons. The average Bonchev–Trinajstić information content (AvgIpc) is 2.32. The summed E-state index contributed by atoms with van der Waals surface area (Å²) in [4.78, 5) is 11.8. The molecule has 0 aliphatic carbocycles. The number of phenols is 1. The Bertz CT molecular complexity index is 381. The van der Waals surface area contributed by atoms with Crippen LogP contribution >= 0.6 is 0 Å². The van der Waals surface area contributed by atoms with E-state index in [1.54, 1.807) is 24.3 Å². The van der Waals surface area contributed by atoms with Crippen molar-refractivity contribution >= 4 is 5.97 Å². The van der Waals surface area contributed by atoms with Crippen LogP contribution in [-0.2, 0) is 16.0 Å². The zero-order chi connectivity index (χ0) is 13.5. The first-order chi connectivity index (χ1) is 8.52. The van der Waals surface area contributed by atoms with E-state index >= 15 is 0 Å². The minimum absolute atomic E-state index is 0. The molecule has 4 nitrogen and oxygen atoms in total. The van der Waals surface area contributed by atoms with Crippen molar-refractivity contribution in [2.75, 3.05) is 0 Å². The number of ether oxygens (including phenoxy) is 1. The van der Waals surface area contributed by atoms with Crippen LogP contribution in [0.3, 0.4) is 0 Å². The van der Waals surface area contributed by atoms with Gasteiger partial charge in [-0.05, 0) is 31.0 Å². The maximum absolute atomic E-state index is 11.8.